The predicted molar refractivity (Wildman–Crippen MR) is 50.2 cm³/mol. The van der Waals surface area contributed by atoms with Crippen LogP contribution in [0.3, 0.4) is 0 Å². The van der Waals surface area contributed by atoms with Crippen molar-refractivity contribution >= 4 is 14.3 Å². The molecule has 70 valence electrons. The Balaban J connectivity index is 0.000000310. The number of hydrogen-bond donors (Lipinski definition) is 3. The summed E-state index contributed by atoms with van der Waals surface area (Å²) in [6, 6.07) is 7.08. The van der Waals surface area contributed by atoms with Crippen LogP contribution in [0, 0.1) is 0 Å². The standard InChI is InChI=1S/C8H8O.HO3P/c1-2-7-5-3-4-6-8(7)9;1-4(2)3/h2-6,9H,1H2;(H-,1,2,3)/p+1. The van der Waals surface area contributed by atoms with Crippen LogP contribution in [0.1, 0.15) is 5.56 Å². The van der Waals surface area contributed by atoms with Crippen LogP contribution in [-0.2, 0) is 4.57 Å². The Hall–Kier alpha value is -1.22. The number of phenols is 1. The minimum atomic E-state index is -2.87. The molecule has 0 spiro atoms. The summed E-state index contributed by atoms with van der Waals surface area (Å²) in [5.41, 5.74) is 0.775. The number of hydrogen-bond acceptors (Lipinski definition) is 2. The van der Waals surface area contributed by atoms with E-state index in [9.17, 15) is 0 Å². The Morgan fingerprint density at radius 3 is 2.08 bits per heavy atom. The SMILES string of the molecule is C=Cc1ccccc1O.O=[P+](O)O. The van der Waals surface area contributed by atoms with Crippen molar-refractivity contribution in [3.63, 3.8) is 0 Å². The molecule has 0 fully saturated rings. The fourth-order valence-electron chi connectivity index (χ4n) is 0.660. The van der Waals surface area contributed by atoms with Crippen LogP contribution >= 0.6 is 8.25 Å². The van der Waals surface area contributed by atoms with Crippen LogP contribution in [0.15, 0.2) is 30.8 Å². The van der Waals surface area contributed by atoms with Crippen LogP contribution in [0.25, 0.3) is 6.08 Å². The van der Waals surface area contributed by atoms with Crippen LogP contribution in [0.5, 0.6) is 5.75 Å². The third-order valence-corrected chi connectivity index (χ3v) is 1.16. The summed E-state index contributed by atoms with van der Waals surface area (Å²) in [7, 11) is -2.87. The zero-order valence-electron chi connectivity index (χ0n) is 6.79. The van der Waals surface area contributed by atoms with Gasteiger partial charge in [0.2, 0.25) is 0 Å². The average molecular weight is 201 g/mol. The lowest BCUT2D eigenvalue weighted by Gasteiger charge is -1.93. The first-order chi connectivity index (χ1) is 6.07. The third-order valence-electron chi connectivity index (χ3n) is 1.16. The summed E-state index contributed by atoms with van der Waals surface area (Å²) in [6.07, 6.45) is 1.62. The van der Waals surface area contributed by atoms with Crippen LogP contribution in [0.2, 0.25) is 0 Å². The first-order valence-electron chi connectivity index (χ1n) is 3.33. The van der Waals surface area contributed by atoms with Gasteiger partial charge >= 0.3 is 8.25 Å². The molecule has 1 aromatic rings. The quantitative estimate of drug-likeness (QED) is 0.604. The molecule has 0 radical (unpaired) electrons. The van der Waals surface area contributed by atoms with Gasteiger partial charge in [0.1, 0.15) is 5.75 Å². The van der Waals surface area contributed by atoms with E-state index in [-0.39, 0.29) is 5.75 Å². The summed E-state index contributed by atoms with van der Waals surface area (Å²) in [5.74, 6) is 0.285. The minimum Gasteiger partial charge on any atom is -0.507 e. The first kappa shape index (κ1) is 11.8. The van der Waals surface area contributed by atoms with Gasteiger partial charge in [-0.25, -0.2) is 0 Å². The fraction of sp³-hybridized carbons (Fsp3) is 0. The van der Waals surface area contributed by atoms with Gasteiger partial charge in [0.15, 0.2) is 0 Å². The molecule has 0 saturated carbocycles. The zero-order chi connectivity index (χ0) is 10.3. The minimum absolute atomic E-state index is 0.285. The van der Waals surface area contributed by atoms with E-state index in [1.54, 1.807) is 18.2 Å². The molecule has 0 amide bonds. The van der Waals surface area contributed by atoms with E-state index in [0.717, 1.165) is 5.56 Å². The smallest absolute Gasteiger partial charge is 0.507 e. The molecule has 5 heteroatoms. The second-order valence-corrected chi connectivity index (χ2v) is 2.52. The van der Waals surface area contributed by atoms with Crippen molar-refractivity contribution in [2.45, 2.75) is 0 Å². The molecule has 13 heavy (non-hydrogen) atoms. The number of rotatable bonds is 1. The number of phenolic OH excluding ortho intramolecular Hbond substituents is 1. The Morgan fingerprint density at radius 1 is 1.31 bits per heavy atom. The number of para-hydroxylation sites is 1. The molecule has 4 nitrogen and oxygen atoms in total. The van der Waals surface area contributed by atoms with Gasteiger partial charge in [0.05, 0.1) is 0 Å². The van der Waals surface area contributed by atoms with Gasteiger partial charge in [-0.2, -0.15) is 0 Å². The normalized spacial score (nSPS) is 8.15. The van der Waals surface area contributed by atoms with Gasteiger partial charge in [-0.3, -0.25) is 0 Å². The fourth-order valence-corrected chi connectivity index (χ4v) is 0.660. The van der Waals surface area contributed by atoms with E-state index in [1.165, 1.54) is 0 Å². The van der Waals surface area contributed by atoms with Crippen molar-refractivity contribution in [2.75, 3.05) is 0 Å². The van der Waals surface area contributed by atoms with Crippen molar-refractivity contribution in [1.29, 1.82) is 0 Å². The molecule has 1 rings (SSSR count). The second-order valence-electron chi connectivity index (χ2n) is 2.02. The third kappa shape index (κ3) is 5.99. The van der Waals surface area contributed by atoms with Gasteiger partial charge in [-0.05, 0) is 6.07 Å². The molecule has 0 bridgehead atoms. The average Bonchev–Trinajstić information content (AvgIpc) is 2.04. The van der Waals surface area contributed by atoms with E-state index in [1.807, 2.05) is 12.1 Å². The van der Waals surface area contributed by atoms with Crippen molar-refractivity contribution in [3.8, 4) is 5.75 Å². The first-order valence-corrected chi connectivity index (χ1v) is 4.50. The van der Waals surface area contributed by atoms with Crippen molar-refractivity contribution in [3.05, 3.63) is 36.4 Å². The van der Waals surface area contributed by atoms with Crippen LogP contribution in [-0.4, -0.2) is 14.9 Å². The lowest BCUT2D eigenvalue weighted by Crippen LogP contribution is -1.69. The van der Waals surface area contributed by atoms with Gasteiger partial charge in [0.25, 0.3) is 0 Å². The Bertz CT molecular complexity index is 294. The topological polar surface area (TPSA) is 77.8 Å². The van der Waals surface area contributed by atoms with Gasteiger partial charge < -0.3 is 5.11 Å². The Labute approximate surface area is 76.7 Å². The molecule has 0 atom stereocenters. The Kier molecular flexibility index (Phi) is 5.72. The maximum Gasteiger partial charge on any atom is 0.692 e. The molecule has 0 aliphatic carbocycles. The predicted octanol–water partition coefficient (Wildman–Crippen LogP) is 1.66. The number of benzene rings is 1. The van der Waals surface area contributed by atoms with Gasteiger partial charge in [0, 0.05) is 10.1 Å². The van der Waals surface area contributed by atoms with E-state index in [2.05, 4.69) is 6.58 Å². The molecule has 0 aliphatic rings. The lowest BCUT2D eigenvalue weighted by atomic mass is 10.2. The largest absolute Gasteiger partial charge is 0.692 e. The summed E-state index contributed by atoms with van der Waals surface area (Å²) < 4.78 is 8.70. The van der Waals surface area contributed by atoms with E-state index < -0.39 is 8.25 Å². The molecule has 1 aromatic carbocycles. The van der Waals surface area contributed by atoms with E-state index >= 15 is 0 Å². The lowest BCUT2D eigenvalue weighted by molar-refractivity contribution is 0.405. The maximum absolute atomic E-state index is 9.04. The highest BCUT2D eigenvalue weighted by Gasteiger charge is 1.93. The summed E-state index contributed by atoms with van der Waals surface area (Å²) >= 11 is 0. The Morgan fingerprint density at radius 2 is 1.77 bits per heavy atom. The molecule has 0 heterocycles. The molecule has 0 aromatic heterocycles. The highest BCUT2D eigenvalue weighted by Crippen LogP contribution is 2.15. The summed E-state index contributed by atoms with van der Waals surface area (Å²) in [5, 5.41) is 9.04. The van der Waals surface area contributed by atoms with E-state index in [0.29, 0.717) is 0 Å². The van der Waals surface area contributed by atoms with Crippen molar-refractivity contribution < 1.29 is 19.5 Å². The second kappa shape index (κ2) is 6.31. The molecular formula is C8H10O4P+. The van der Waals surface area contributed by atoms with Crippen LogP contribution < -0.4 is 0 Å². The van der Waals surface area contributed by atoms with Gasteiger partial charge in [-0.15, -0.1) is 9.79 Å². The molecular weight excluding hydrogens is 191 g/mol. The molecule has 0 unspecified atom stereocenters. The molecule has 0 aliphatic heterocycles. The highest BCUT2D eigenvalue weighted by molar-refractivity contribution is 7.30. The zero-order valence-corrected chi connectivity index (χ0v) is 7.69. The van der Waals surface area contributed by atoms with Crippen molar-refractivity contribution in [1.82, 2.24) is 0 Å². The summed E-state index contributed by atoms with van der Waals surface area (Å²) in [6.45, 7) is 3.53. The molecule has 3 N–H and O–H groups in total. The number of aromatic hydroxyl groups is 1. The monoisotopic (exact) mass is 201 g/mol. The maximum atomic E-state index is 9.04. The summed E-state index contributed by atoms with van der Waals surface area (Å²) in [4.78, 5) is 14.2. The van der Waals surface area contributed by atoms with E-state index in [4.69, 9.17) is 19.5 Å². The molecule has 0 saturated heterocycles. The van der Waals surface area contributed by atoms with Gasteiger partial charge in [-0.1, -0.05) is 30.9 Å². The highest BCUT2D eigenvalue weighted by atomic mass is 31.1. The van der Waals surface area contributed by atoms with Crippen molar-refractivity contribution in [2.24, 2.45) is 0 Å². The van der Waals surface area contributed by atoms with Crippen LogP contribution in [0.4, 0.5) is 0 Å².